The van der Waals surface area contributed by atoms with Crippen molar-refractivity contribution in [1.82, 2.24) is 0 Å². The SMILES string of the molecule is CC(c1ccccc1)C1(CO)CC1. The lowest BCUT2D eigenvalue weighted by molar-refractivity contribution is 0.191. The summed E-state index contributed by atoms with van der Waals surface area (Å²) in [6.45, 7) is 2.56. The highest BCUT2D eigenvalue weighted by Gasteiger charge is 2.46. The Morgan fingerprint density at radius 3 is 2.38 bits per heavy atom. The second-order valence-corrected chi connectivity index (χ2v) is 4.15. The maximum atomic E-state index is 9.29. The Balaban J connectivity index is 2.18. The molecule has 1 N–H and O–H groups in total. The van der Waals surface area contributed by atoms with Crippen LogP contribution < -0.4 is 0 Å². The Bertz CT molecular complexity index is 274. The first-order valence-corrected chi connectivity index (χ1v) is 4.94. The van der Waals surface area contributed by atoms with Gasteiger partial charge in [0.15, 0.2) is 0 Å². The summed E-state index contributed by atoms with van der Waals surface area (Å²) in [5.74, 6) is 0.499. The van der Waals surface area contributed by atoms with Crippen molar-refractivity contribution in [2.75, 3.05) is 6.61 Å². The van der Waals surface area contributed by atoms with Crippen LogP contribution in [0.3, 0.4) is 0 Å². The molecule has 1 saturated carbocycles. The minimum Gasteiger partial charge on any atom is -0.396 e. The van der Waals surface area contributed by atoms with E-state index in [4.69, 9.17) is 0 Å². The molecule has 1 aliphatic rings. The Morgan fingerprint density at radius 1 is 1.31 bits per heavy atom. The van der Waals surface area contributed by atoms with Crippen LogP contribution in [0.15, 0.2) is 30.3 Å². The number of rotatable bonds is 3. The second-order valence-electron chi connectivity index (χ2n) is 4.15. The van der Waals surface area contributed by atoms with Gasteiger partial charge in [-0.1, -0.05) is 37.3 Å². The van der Waals surface area contributed by atoms with E-state index in [2.05, 4.69) is 31.2 Å². The Morgan fingerprint density at radius 2 is 1.92 bits per heavy atom. The van der Waals surface area contributed by atoms with Crippen LogP contribution in [0.4, 0.5) is 0 Å². The molecule has 70 valence electrons. The van der Waals surface area contributed by atoms with E-state index < -0.39 is 0 Å². The highest BCUT2D eigenvalue weighted by atomic mass is 16.3. The van der Waals surface area contributed by atoms with E-state index in [9.17, 15) is 5.11 Å². The summed E-state index contributed by atoms with van der Waals surface area (Å²) in [4.78, 5) is 0. The van der Waals surface area contributed by atoms with Crippen LogP contribution in [0.25, 0.3) is 0 Å². The predicted octanol–water partition coefficient (Wildman–Crippen LogP) is 2.56. The van der Waals surface area contributed by atoms with Crippen LogP contribution in [-0.2, 0) is 0 Å². The van der Waals surface area contributed by atoms with Crippen LogP contribution in [0.5, 0.6) is 0 Å². The average Bonchev–Trinajstić information content (AvgIpc) is 2.99. The van der Waals surface area contributed by atoms with Crippen LogP contribution in [0.1, 0.15) is 31.2 Å². The molecule has 0 radical (unpaired) electrons. The van der Waals surface area contributed by atoms with Gasteiger partial charge in [0.1, 0.15) is 0 Å². The molecule has 0 spiro atoms. The van der Waals surface area contributed by atoms with Crippen LogP contribution in [0.2, 0.25) is 0 Å². The standard InChI is InChI=1S/C12H16O/c1-10(12(9-13)7-8-12)11-5-3-2-4-6-11/h2-6,10,13H,7-9H2,1H3. The first-order valence-electron chi connectivity index (χ1n) is 4.94. The topological polar surface area (TPSA) is 20.2 Å². The lowest BCUT2D eigenvalue weighted by atomic mass is 9.85. The summed E-state index contributed by atoms with van der Waals surface area (Å²) < 4.78 is 0. The van der Waals surface area contributed by atoms with Crippen molar-refractivity contribution in [3.8, 4) is 0 Å². The Labute approximate surface area is 79.4 Å². The second kappa shape index (κ2) is 3.15. The van der Waals surface area contributed by atoms with E-state index in [0.717, 1.165) is 0 Å². The van der Waals surface area contributed by atoms with Crippen molar-refractivity contribution in [3.63, 3.8) is 0 Å². The third kappa shape index (κ3) is 1.49. The molecule has 1 unspecified atom stereocenters. The van der Waals surface area contributed by atoms with Gasteiger partial charge in [-0.3, -0.25) is 0 Å². The first kappa shape index (κ1) is 8.76. The Kier molecular flexibility index (Phi) is 2.12. The van der Waals surface area contributed by atoms with Gasteiger partial charge in [0.2, 0.25) is 0 Å². The molecule has 1 aliphatic carbocycles. The molecule has 0 heterocycles. The van der Waals surface area contributed by atoms with Crippen LogP contribution >= 0.6 is 0 Å². The molecule has 0 aliphatic heterocycles. The average molecular weight is 176 g/mol. The molecule has 13 heavy (non-hydrogen) atoms. The van der Waals surface area contributed by atoms with Crippen LogP contribution in [0, 0.1) is 5.41 Å². The molecular weight excluding hydrogens is 160 g/mol. The summed E-state index contributed by atoms with van der Waals surface area (Å²) in [6, 6.07) is 10.5. The predicted molar refractivity (Wildman–Crippen MR) is 53.6 cm³/mol. The fourth-order valence-electron chi connectivity index (χ4n) is 1.98. The number of aliphatic hydroxyl groups excluding tert-OH is 1. The van der Waals surface area contributed by atoms with Gasteiger partial charge in [0, 0.05) is 12.0 Å². The van der Waals surface area contributed by atoms with E-state index >= 15 is 0 Å². The van der Waals surface area contributed by atoms with Gasteiger partial charge in [-0.15, -0.1) is 0 Å². The highest BCUT2D eigenvalue weighted by molar-refractivity contribution is 5.23. The number of hydrogen-bond acceptors (Lipinski definition) is 1. The van der Waals surface area contributed by atoms with Gasteiger partial charge in [-0.25, -0.2) is 0 Å². The zero-order valence-electron chi connectivity index (χ0n) is 8.03. The summed E-state index contributed by atoms with van der Waals surface area (Å²) in [5.41, 5.74) is 1.57. The van der Waals surface area contributed by atoms with Crippen molar-refractivity contribution < 1.29 is 5.11 Å². The summed E-state index contributed by atoms with van der Waals surface area (Å²) in [6.07, 6.45) is 2.36. The van der Waals surface area contributed by atoms with Crippen molar-refractivity contribution in [2.45, 2.75) is 25.7 Å². The largest absolute Gasteiger partial charge is 0.396 e. The number of hydrogen-bond donors (Lipinski definition) is 1. The zero-order valence-corrected chi connectivity index (χ0v) is 8.03. The van der Waals surface area contributed by atoms with Gasteiger partial charge < -0.3 is 5.11 Å². The molecule has 0 amide bonds. The maximum Gasteiger partial charge on any atom is 0.0493 e. The van der Waals surface area contributed by atoms with Gasteiger partial charge >= 0.3 is 0 Å². The molecule has 1 heteroatoms. The zero-order chi connectivity index (χ0) is 9.31. The third-order valence-corrected chi connectivity index (χ3v) is 3.43. The molecule has 1 aromatic carbocycles. The Hall–Kier alpha value is -0.820. The molecule has 2 rings (SSSR count). The number of benzene rings is 1. The van der Waals surface area contributed by atoms with E-state index in [1.807, 2.05) is 6.07 Å². The van der Waals surface area contributed by atoms with E-state index in [1.54, 1.807) is 0 Å². The monoisotopic (exact) mass is 176 g/mol. The molecule has 1 nitrogen and oxygen atoms in total. The van der Waals surface area contributed by atoms with Gasteiger partial charge in [-0.2, -0.15) is 0 Å². The summed E-state index contributed by atoms with van der Waals surface area (Å²) in [5, 5.41) is 9.29. The van der Waals surface area contributed by atoms with Crippen molar-refractivity contribution in [1.29, 1.82) is 0 Å². The van der Waals surface area contributed by atoms with Gasteiger partial charge in [0.25, 0.3) is 0 Å². The smallest absolute Gasteiger partial charge is 0.0493 e. The van der Waals surface area contributed by atoms with Crippen molar-refractivity contribution >= 4 is 0 Å². The van der Waals surface area contributed by atoms with Crippen molar-refractivity contribution in [3.05, 3.63) is 35.9 Å². The normalized spacial score (nSPS) is 21.1. The van der Waals surface area contributed by atoms with Gasteiger partial charge in [0.05, 0.1) is 0 Å². The minimum atomic E-state index is 0.210. The highest BCUT2D eigenvalue weighted by Crippen LogP contribution is 2.55. The first-order chi connectivity index (χ1) is 6.28. The fourth-order valence-corrected chi connectivity index (χ4v) is 1.98. The lowest BCUT2D eigenvalue weighted by Crippen LogP contribution is -2.15. The van der Waals surface area contributed by atoms with Crippen molar-refractivity contribution in [2.24, 2.45) is 5.41 Å². The maximum absolute atomic E-state index is 9.29. The van der Waals surface area contributed by atoms with Gasteiger partial charge in [-0.05, 0) is 24.3 Å². The van der Waals surface area contributed by atoms with E-state index in [-0.39, 0.29) is 5.41 Å². The van der Waals surface area contributed by atoms with Crippen LogP contribution in [-0.4, -0.2) is 11.7 Å². The number of aliphatic hydroxyl groups is 1. The molecule has 0 bridgehead atoms. The molecule has 0 saturated heterocycles. The molecular formula is C12H16O. The third-order valence-electron chi connectivity index (χ3n) is 3.43. The van der Waals surface area contributed by atoms with E-state index in [0.29, 0.717) is 12.5 Å². The molecule has 1 fully saturated rings. The fraction of sp³-hybridized carbons (Fsp3) is 0.500. The lowest BCUT2D eigenvalue weighted by Gasteiger charge is -2.21. The summed E-state index contributed by atoms with van der Waals surface area (Å²) in [7, 11) is 0. The molecule has 0 aromatic heterocycles. The minimum absolute atomic E-state index is 0.210. The molecule has 1 atom stereocenters. The summed E-state index contributed by atoms with van der Waals surface area (Å²) >= 11 is 0. The quantitative estimate of drug-likeness (QED) is 0.750. The van der Waals surface area contributed by atoms with E-state index in [1.165, 1.54) is 18.4 Å². The molecule has 1 aromatic rings.